The summed E-state index contributed by atoms with van der Waals surface area (Å²) in [6.45, 7) is 0. The molecule has 0 N–H and O–H groups in total. The Morgan fingerprint density at radius 2 is 1.94 bits per heavy atom. The van der Waals surface area contributed by atoms with Gasteiger partial charge in [-0.25, -0.2) is 4.98 Å². The van der Waals surface area contributed by atoms with E-state index in [-0.39, 0.29) is 63.6 Å². The molecule has 2 aliphatic carbocycles. The number of allylic oxidation sites excluding steroid dienone is 2. The van der Waals surface area contributed by atoms with Crippen LogP contribution < -0.4 is 9.47 Å². The van der Waals surface area contributed by atoms with Gasteiger partial charge in [0.25, 0.3) is 17.5 Å². The van der Waals surface area contributed by atoms with Crippen LogP contribution in [-0.2, 0) is 9.59 Å². The number of fused-ring (bicyclic) bond motifs is 5. The fourth-order valence-electron chi connectivity index (χ4n) is 4.71. The Morgan fingerprint density at radius 1 is 1.26 bits per heavy atom. The number of benzene rings is 1. The molecule has 2 fully saturated rings. The van der Waals surface area contributed by atoms with Crippen LogP contribution in [0.25, 0.3) is 0 Å². The van der Waals surface area contributed by atoms with Gasteiger partial charge in [-0.15, -0.1) is 0 Å². The number of rotatable bonds is 6. The fourth-order valence-corrected chi connectivity index (χ4v) is 5.35. The summed E-state index contributed by atoms with van der Waals surface area (Å²) < 4.78 is 11.5. The van der Waals surface area contributed by atoms with Gasteiger partial charge in [0.2, 0.25) is 5.88 Å². The number of hydrogen-bond donors (Lipinski definition) is 0. The Morgan fingerprint density at radius 3 is 2.50 bits per heavy atom. The van der Waals surface area contributed by atoms with Crippen LogP contribution in [-0.4, -0.2) is 40.1 Å². The third-order valence-corrected chi connectivity index (χ3v) is 7.72. The molecule has 0 unspecified atom stereocenters. The lowest BCUT2D eigenvalue weighted by atomic mass is 9.85. The zero-order valence-electron chi connectivity index (χ0n) is 17.6. The molecule has 2 heterocycles. The Hall–Kier alpha value is -3.31. The van der Waals surface area contributed by atoms with Crippen LogP contribution in [0, 0.1) is 33.8 Å². The molecule has 1 aliphatic heterocycles. The quantitative estimate of drug-likeness (QED) is 0.173. The Kier molecular flexibility index (Phi) is 5.61. The Balaban J connectivity index is 1.41. The van der Waals surface area contributed by atoms with Crippen molar-refractivity contribution in [2.75, 3.05) is 7.11 Å². The van der Waals surface area contributed by atoms with Gasteiger partial charge in [-0.2, -0.15) is 10.1 Å². The molecule has 12 heteroatoms. The third-order valence-electron chi connectivity index (χ3n) is 6.27. The fraction of sp³-hybridized carbons (Fsp3) is 0.273. The minimum atomic E-state index is -0.570. The van der Waals surface area contributed by atoms with Gasteiger partial charge in [-0.3, -0.25) is 19.7 Å². The number of ether oxygens (including phenoxy) is 2. The summed E-state index contributed by atoms with van der Waals surface area (Å²) in [6, 6.07) is 4.15. The molecule has 174 valence electrons. The molecule has 0 radical (unpaired) electrons. The van der Waals surface area contributed by atoms with Gasteiger partial charge in [0.05, 0.1) is 30.1 Å². The minimum Gasteiger partial charge on any atom is -0.493 e. The predicted octanol–water partition coefficient (Wildman–Crippen LogP) is 4.35. The van der Waals surface area contributed by atoms with Crippen LogP contribution in [0.5, 0.6) is 17.4 Å². The highest BCUT2D eigenvalue weighted by atomic mass is 79.9. The van der Waals surface area contributed by atoms with Crippen LogP contribution >= 0.6 is 27.5 Å². The largest absolute Gasteiger partial charge is 0.493 e. The number of hydrogen-bond acceptors (Lipinski definition) is 8. The van der Waals surface area contributed by atoms with Crippen molar-refractivity contribution in [1.29, 1.82) is 0 Å². The highest BCUT2D eigenvalue weighted by Crippen LogP contribution is 2.52. The maximum atomic E-state index is 12.8. The molecular formula is C22H16BrClN4O6. The Labute approximate surface area is 206 Å². The van der Waals surface area contributed by atoms with Crippen molar-refractivity contribution in [3.63, 3.8) is 0 Å². The monoisotopic (exact) mass is 546 g/mol. The van der Waals surface area contributed by atoms with Crippen molar-refractivity contribution >= 4 is 51.2 Å². The van der Waals surface area contributed by atoms with Crippen molar-refractivity contribution < 1.29 is 24.0 Å². The SMILES string of the molecule is COc1cc(C=NN2C(=O)[C@@H]3[C@H](C2=O)[C@H]2C=C[C@H]3C2)c(Br)c(Cl)c1Oc1ccc([N+](=O)[O-])cn1. The first-order valence-electron chi connectivity index (χ1n) is 10.2. The van der Waals surface area contributed by atoms with E-state index in [1.54, 1.807) is 6.07 Å². The summed E-state index contributed by atoms with van der Waals surface area (Å²) >= 11 is 9.87. The van der Waals surface area contributed by atoms with E-state index < -0.39 is 4.92 Å². The van der Waals surface area contributed by atoms with Crippen molar-refractivity contribution in [2.45, 2.75) is 6.42 Å². The van der Waals surface area contributed by atoms with Gasteiger partial charge >= 0.3 is 0 Å². The van der Waals surface area contributed by atoms with Crippen LogP contribution in [0.1, 0.15) is 12.0 Å². The number of nitro groups is 1. The van der Waals surface area contributed by atoms with Crippen LogP contribution in [0.4, 0.5) is 5.69 Å². The second-order valence-electron chi connectivity index (χ2n) is 8.07. The molecule has 2 bridgehead atoms. The highest BCUT2D eigenvalue weighted by Gasteiger charge is 2.59. The van der Waals surface area contributed by atoms with E-state index in [2.05, 4.69) is 26.0 Å². The van der Waals surface area contributed by atoms with Crippen LogP contribution in [0.15, 0.2) is 46.1 Å². The first-order valence-corrected chi connectivity index (χ1v) is 11.4. The molecule has 1 saturated carbocycles. The summed E-state index contributed by atoms with van der Waals surface area (Å²) in [4.78, 5) is 39.8. The normalized spacial score (nSPS) is 24.9. The lowest BCUT2D eigenvalue weighted by Crippen LogP contribution is -2.28. The average Bonchev–Trinajstić information content (AvgIpc) is 3.51. The molecule has 3 aliphatic rings. The average molecular weight is 548 g/mol. The van der Waals surface area contributed by atoms with Crippen LogP contribution in [0.3, 0.4) is 0 Å². The van der Waals surface area contributed by atoms with Crippen LogP contribution in [0.2, 0.25) is 5.02 Å². The maximum absolute atomic E-state index is 12.8. The summed E-state index contributed by atoms with van der Waals surface area (Å²) in [7, 11) is 1.41. The molecule has 1 aromatic carbocycles. The highest BCUT2D eigenvalue weighted by molar-refractivity contribution is 9.10. The van der Waals surface area contributed by atoms with E-state index in [9.17, 15) is 19.7 Å². The van der Waals surface area contributed by atoms with E-state index >= 15 is 0 Å². The molecule has 0 spiro atoms. The molecule has 2 aromatic rings. The summed E-state index contributed by atoms with van der Waals surface area (Å²) in [5, 5.41) is 16.1. The second kappa shape index (κ2) is 8.48. The van der Waals surface area contributed by atoms with E-state index in [1.807, 2.05) is 12.2 Å². The molecule has 2 amide bonds. The second-order valence-corrected chi connectivity index (χ2v) is 9.24. The van der Waals surface area contributed by atoms with E-state index in [0.29, 0.717) is 10.0 Å². The van der Waals surface area contributed by atoms with Crippen molar-refractivity contribution in [2.24, 2.45) is 28.8 Å². The van der Waals surface area contributed by atoms with Gasteiger partial charge in [0.15, 0.2) is 11.5 Å². The number of amides is 2. The first kappa shape index (κ1) is 22.5. The maximum Gasteiger partial charge on any atom is 0.287 e. The molecule has 34 heavy (non-hydrogen) atoms. The van der Waals surface area contributed by atoms with Crippen molar-refractivity contribution in [1.82, 2.24) is 9.99 Å². The molecule has 1 aromatic heterocycles. The van der Waals surface area contributed by atoms with Gasteiger partial charge in [-0.05, 0) is 40.3 Å². The molecule has 4 atom stereocenters. The van der Waals surface area contributed by atoms with Gasteiger partial charge in [0, 0.05) is 22.2 Å². The van der Waals surface area contributed by atoms with E-state index in [4.69, 9.17) is 21.1 Å². The van der Waals surface area contributed by atoms with E-state index in [1.165, 1.54) is 25.5 Å². The van der Waals surface area contributed by atoms with E-state index in [0.717, 1.165) is 17.6 Å². The third kappa shape index (κ3) is 3.55. The molecule has 1 saturated heterocycles. The molecular weight excluding hydrogens is 532 g/mol. The minimum absolute atomic E-state index is 0.0714. The smallest absolute Gasteiger partial charge is 0.287 e. The number of aromatic nitrogens is 1. The summed E-state index contributed by atoms with van der Waals surface area (Å²) in [6.07, 6.45) is 7.30. The molecule has 5 rings (SSSR count). The molecule has 10 nitrogen and oxygen atoms in total. The number of halogens is 2. The number of methoxy groups -OCH3 is 1. The number of carbonyl (C=O) groups excluding carboxylic acids is 2. The van der Waals surface area contributed by atoms with Gasteiger partial charge < -0.3 is 9.47 Å². The zero-order chi connectivity index (χ0) is 24.1. The number of nitrogens with zero attached hydrogens (tertiary/aromatic N) is 4. The van der Waals surface area contributed by atoms with Gasteiger partial charge in [0.1, 0.15) is 11.2 Å². The first-order chi connectivity index (χ1) is 16.3. The van der Waals surface area contributed by atoms with Crippen molar-refractivity contribution in [3.05, 3.63) is 61.7 Å². The number of imide groups is 1. The predicted molar refractivity (Wildman–Crippen MR) is 124 cm³/mol. The summed E-state index contributed by atoms with van der Waals surface area (Å²) in [5.74, 6) is -0.648. The number of pyridine rings is 1. The number of hydrazone groups is 1. The zero-order valence-corrected chi connectivity index (χ0v) is 19.9. The summed E-state index contributed by atoms with van der Waals surface area (Å²) in [5.41, 5.74) is 0.265. The standard InChI is InChI=1S/C22H16BrClN4O6/c1-33-14-7-12(8-26-27-21(29)16-10-2-3-11(6-10)17(16)22(27)30)18(23)19(24)20(14)34-15-5-4-13(9-25-15)28(31)32/h2-5,7-11,16-17H,6H2,1H3/t10-,11-,16-,17+/m0/s1. The van der Waals surface area contributed by atoms with Gasteiger partial charge in [-0.1, -0.05) is 23.8 Å². The number of carbonyl (C=O) groups is 2. The van der Waals surface area contributed by atoms with Crippen molar-refractivity contribution in [3.8, 4) is 17.4 Å². The Bertz CT molecular complexity index is 1250. The lowest BCUT2D eigenvalue weighted by molar-refractivity contribution is -0.385. The lowest BCUT2D eigenvalue weighted by Gasteiger charge is -2.15. The topological polar surface area (TPSA) is 124 Å².